The lowest BCUT2D eigenvalue weighted by atomic mass is 10.1. The highest BCUT2D eigenvalue weighted by atomic mass is 19.3. The van der Waals surface area contributed by atoms with Crippen LogP contribution in [0.4, 0.5) is 13.2 Å². The third-order valence-corrected chi connectivity index (χ3v) is 3.16. The van der Waals surface area contributed by atoms with E-state index in [2.05, 4.69) is 25.5 Å². The standard InChI is InChI=1S/C15H17F3N4O3/c1-8(21-24-3)7-19-13(23)10-5-4-9(6-11(10)16)12-20-14(25-22-12)15(2,17)18/h4-6,8,21H,7H2,1-3H3,(H,19,23). The number of carbonyl (C=O) groups excluding carboxylic acids is 1. The second-order valence-corrected chi connectivity index (χ2v) is 5.44. The third-order valence-electron chi connectivity index (χ3n) is 3.16. The van der Waals surface area contributed by atoms with Gasteiger partial charge in [-0.1, -0.05) is 11.2 Å². The first kappa shape index (κ1) is 18.9. The van der Waals surface area contributed by atoms with Gasteiger partial charge in [0.2, 0.25) is 5.82 Å². The number of hydroxylamine groups is 1. The zero-order valence-corrected chi connectivity index (χ0v) is 13.8. The van der Waals surface area contributed by atoms with Crippen LogP contribution < -0.4 is 10.8 Å². The Morgan fingerprint density at radius 2 is 2.16 bits per heavy atom. The Balaban J connectivity index is 2.12. The van der Waals surface area contributed by atoms with Crippen LogP contribution in [-0.4, -0.2) is 35.7 Å². The maximum atomic E-state index is 14.2. The lowest BCUT2D eigenvalue weighted by Gasteiger charge is -2.13. The van der Waals surface area contributed by atoms with Crippen LogP contribution in [0.25, 0.3) is 11.4 Å². The van der Waals surface area contributed by atoms with E-state index in [1.165, 1.54) is 19.2 Å². The molecule has 10 heteroatoms. The molecule has 1 unspecified atom stereocenters. The van der Waals surface area contributed by atoms with Gasteiger partial charge in [-0.05, 0) is 19.1 Å². The number of benzene rings is 1. The fraction of sp³-hybridized carbons (Fsp3) is 0.400. The summed E-state index contributed by atoms with van der Waals surface area (Å²) in [6.45, 7) is 2.59. The van der Waals surface area contributed by atoms with Crippen LogP contribution in [0.15, 0.2) is 22.7 Å². The van der Waals surface area contributed by atoms with Crippen molar-refractivity contribution >= 4 is 5.91 Å². The van der Waals surface area contributed by atoms with Gasteiger partial charge in [-0.25, -0.2) is 4.39 Å². The molecule has 1 amide bonds. The van der Waals surface area contributed by atoms with Gasteiger partial charge in [0.25, 0.3) is 11.8 Å². The smallest absolute Gasteiger partial charge is 0.322 e. The largest absolute Gasteiger partial charge is 0.350 e. The Morgan fingerprint density at radius 3 is 2.72 bits per heavy atom. The minimum atomic E-state index is -3.30. The molecule has 0 bridgehead atoms. The Bertz CT molecular complexity index is 746. The lowest BCUT2D eigenvalue weighted by molar-refractivity contribution is -0.0158. The van der Waals surface area contributed by atoms with Crippen LogP contribution in [0.3, 0.4) is 0 Å². The van der Waals surface area contributed by atoms with E-state index in [1.807, 2.05) is 0 Å². The zero-order valence-electron chi connectivity index (χ0n) is 13.8. The fourth-order valence-corrected chi connectivity index (χ4v) is 1.94. The Labute approximate surface area is 141 Å². The van der Waals surface area contributed by atoms with Gasteiger partial charge >= 0.3 is 5.92 Å². The van der Waals surface area contributed by atoms with Crippen LogP contribution in [0.5, 0.6) is 0 Å². The van der Waals surface area contributed by atoms with Gasteiger partial charge in [0.15, 0.2) is 0 Å². The number of hydrogen-bond donors (Lipinski definition) is 2. The van der Waals surface area contributed by atoms with E-state index in [-0.39, 0.29) is 29.5 Å². The summed E-state index contributed by atoms with van der Waals surface area (Å²) >= 11 is 0. The van der Waals surface area contributed by atoms with E-state index < -0.39 is 23.5 Å². The highest BCUT2D eigenvalue weighted by Crippen LogP contribution is 2.27. The molecule has 0 aliphatic carbocycles. The number of carbonyl (C=O) groups is 1. The molecule has 25 heavy (non-hydrogen) atoms. The molecule has 0 aliphatic heterocycles. The number of nitrogens with zero attached hydrogens (tertiary/aromatic N) is 2. The highest BCUT2D eigenvalue weighted by molar-refractivity contribution is 5.94. The molecule has 1 atom stereocenters. The molecule has 1 aromatic heterocycles. The summed E-state index contributed by atoms with van der Waals surface area (Å²) in [4.78, 5) is 20.2. The minimum Gasteiger partial charge on any atom is -0.350 e. The normalized spacial score (nSPS) is 12.9. The van der Waals surface area contributed by atoms with Gasteiger partial charge in [-0.2, -0.15) is 19.2 Å². The van der Waals surface area contributed by atoms with Crippen LogP contribution in [0, 0.1) is 5.82 Å². The maximum absolute atomic E-state index is 14.2. The molecule has 0 saturated heterocycles. The van der Waals surface area contributed by atoms with Gasteiger partial charge < -0.3 is 14.7 Å². The summed E-state index contributed by atoms with van der Waals surface area (Å²) in [5.74, 6) is -5.82. The first-order valence-electron chi connectivity index (χ1n) is 7.31. The molecular formula is C15H17F3N4O3. The van der Waals surface area contributed by atoms with E-state index in [0.29, 0.717) is 6.92 Å². The monoisotopic (exact) mass is 358 g/mol. The number of aromatic nitrogens is 2. The molecule has 0 radical (unpaired) electrons. The first-order chi connectivity index (χ1) is 11.7. The van der Waals surface area contributed by atoms with Gasteiger partial charge in [0.1, 0.15) is 5.82 Å². The zero-order chi connectivity index (χ0) is 18.6. The van der Waals surface area contributed by atoms with E-state index in [0.717, 1.165) is 6.07 Å². The van der Waals surface area contributed by atoms with Gasteiger partial charge in [-0.3, -0.25) is 4.79 Å². The van der Waals surface area contributed by atoms with Crippen LogP contribution >= 0.6 is 0 Å². The Kier molecular flexibility index (Phi) is 5.75. The van der Waals surface area contributed by atoms with Crippen molar-refractivity contribution in [1.29, 1.82) is 0 Å². The fourth-order valence-electron chi connectivity index (χ4n) is 1.94. The van der Waals surface area contributed by atoms with Gasteiger partial charge in [-0.15, -0.1) is 0 Å². The molecular weight excluding hydrogens is 341 g/mol. The number of amides is 1. The third kappa shape index (κ3) is 4.77. The number of hydrogen-bond acceptors (Lipinski definition) is 6. The summed E-state index contributed by atoms with van der Waals surface area (Å²) in [5, 5.41) is 5.93. The Morgan fingerprint density at radius 1 is 1.44 bits per heavy atom. The van der Waals surface area contributed by atoms with Crippen molar-refractivity contribution in [3.63, 3.8) is 0 Å². The lowest BCUT2D eigenvalue weighted by Crippen LogP contribution is -2.38. The van der Waals surface area contributed by atoms with Crippen molar-refractivity contribution in [2.24, 2.45) is 0 Å². The van der Waals surface area contributed by atoms with Crippen molar-refractivity contribution in [1.82, 2.24) is 20.9 Å². The van der Waals surface area contributed by atoms with E-state index >= 15 is 0 Å². The molecule has 0 spiro atoms. The maximum Gasteiger partial charge on any atom is 0.322 e. The number of halogens is 3. The molecule has 7 nitrogen and oxygen atoms in total. The molecule has 0 fully saturated rings. The van der Waals surface area contributed by atoms with Gasteiger partial charge in [0, 0.05) is 25.1 Å². The molecule has 1 heterocycles. The van der Waals surface area contributed by atoms with Crippen LogP contribution in [-0.2, 0) is 10.8 Å². The summed E-state index contributed by atoms with van der Waals surface area (Å²) < 4.78 is 44.8. The summed E-state index contributed by atoms with van der Waals surface area (Å²) in [6, 6.07) is 3.37. The van der Waals surface area contributed by atoms with Crippen molar-refractivity contribution < 1.29 is 27.3 Å². The average molecular weight is 358 g/mol. The van der Waals surface area contributed by atoms with Crippen molar-refractivity contribution in [2.75, 3.05) is 13.7 Å². The van der Waals surface area contributed by atoms with E-state index in [1.54, 1.807) is 6.92 Å². The van der Waals surface area contributed by atoms with Crippen molar-refractivity contribution in [2.45, 2.75) is 25.8 Å². The minimum absolute atomic E-state index is 0.114. The predicted molar refractivity (Wildman–Crippen MR) is 81.2 cm³/mol. The number of alkyl halides is 2. The average Bonchev–Trinajstić information content (AvgIpc) is 3.03. The molecule has 0 aliphatic rings. The summed E-state index contributed by atoms with van der Waals surface area (Å²) in [7, 11) is 1.44. The van der Waals surface area contributed by atoms with E-state index in [4.69, 9.17) is 4.84 Å². The molecule has 2 rings (SSSR count). The van der Waals surface area contributed by atoms with Crippen LogP contribution in [0.2, 0.25) is 0 Å². The highest BCUT2D eigenvalue weighted by Gasteiger charge is 2.32. The van der Waals surface area contributed by atoms with Crippen molar-refractivity contribution in [3.05, 3.63) is 35.5 Å². The van der Waals surface area contributed by atoms with E-state index in [9.17, 15) is 18.0 Å². The second-order valence-electron chi connectivity index (χ2n) is 5.44. The van der Waals surface area contributed by atoms with Gasteiger partial charge in [0.05, 0.1) is 12.7 Å². The quantitative estimate of drug-likeness (QED) is 0.738. The van der Waals surface area contributed by atoms with Crippen molar-refractivity contribution in [3.8, 4) is 11.4 Å². The summed E-state index contributed by atoms with van der Waals surface area (Å²) in [6.07, 6.45) is 0. The SMILES string of the molecule is CONC(C)CNC(=O)c1ccc(-c2noc(C(C)(F)F)n2)cc1F. The second kappa shape index (κ2) is 7.62. The first-order valence-corrected chi connectivity index (χ1v) is 7.31. The molecule has 2 N–H and O–H groups in total. The Hall–Kier alpha value is -2.46. The topological polar surface area (TPSA) is 89.3 Å². The molecule has 1 aromatic carbocycles. The predicted octanol–water partition coefficient (Wildman–Crippen LogP) is 2.26. The molecule has 2 aromatic rings. The summed E-state index contributed by atoms with van der Waals surface area (Å²) in [5.41, 5.74) is 2.53. The van der Waals surface area contributed by atoms with Crippen LogP contribution in [0.1, 0.15) is 30.1 Å². The molecule has 136 valence electrons. The number of nitrogens with one attached hydrogen (secondary N) is 2. The molecule has 0 saturated carbocycles. The number of rotatable bonds is 7.